The Hall–Kier alpha value is -3.22. The number of amides is 1. The van der Waals surface area contributed by atoms with Crippen molar-refractivity contribution in [1.29, 1.82) is 0 Å². The van der Waals surface area contributed by atoms with Crippen molar-refractivity contribution < 1.29 is 13.9 Å². The molecule has 30 heavy (non-hydrogen) atoms. The summed E-state index contributed by atoms with van der Waals surface area (Å²) < 4.78 is 19.4. The fourth-order valence-electron chi connectivity index (χ4n) is 3.02. The number of ether oxygens (including phenoxy) is 1. The Morgan fingerprint density at radius 3 is 2.57 bits per heavy atom. The van der Waals surface area contributed by atoms with E-state index in [4.69, 9.17) is 16.3 Å². The van der Waals surface area contributed by atoms with Crippen LogP contribution in [-0.4, -0.2) is 18.0 Å². The molecule has 4 aromatic rings. The predicted molar refractivity (Wildman–Crippen MR) is 119 cm³/mol. The van der Waals surface area contributed by atoms with E-state index in [2.05, 4.69) is 10.3 Å². The molecule has 1 N–H and O–H groups in total. The molecule has 0 saturated heterocycles. The highest BCUT2D eigenvalue weighted by Crippen LogP contribution is 2.34. The first-order valence-electron chi connectivity index (χ1n) is 9.01. The van der Waals surface area contributed by atoms with Gasteiger partial charge in [0.15, 0.2) is 0 Å². The Morgan fingerprint density at radius 2 is 1.80 bits per heavy atom. The normalized spacial score (nSPS) is 10.6. The number of aromatic nitrogens is 1. The van der Waals surface area contributed by atoms with Gasteiger partial charge in [-0.25, -0.2) is 9.37 Å². The minimum Gasteiger partial charge on any atom is -0.496 e. The zero-order chi connectivity index (χ0) is 21.1. The van der Waals surface area contributed by atoms with Crippen LogP contribution in [0.25, 0.3) is 21.8 Å². The van der Waals surface area contributed by atoms with Crippen molar-refractivity contribution in [3.05, 3.63) is 88.5 Å². The third-order valence-corrected chi connectivity index (χ3v) is 5.58. The number of rotatable bonds is 5. The van der Waals surface area contributed by atoms with Crippen molar-refractivity contribution in [1.82, 2.24) is 4.98 Å². The van der Waals surface area contributed by atoms with Crippen molar-refractivity contribution in [3.8, 4) is 27.6 Å². The second-order valence-corrected chi connectivity index (χ2v) is 7.66. The molecular weight excluding hydrogens is 423 g/mol. The second-order valence-electron chi connectivity index (χ2n) is 6.36. The Bertz CT molecular complexity index is 1230. The number of methoxy groups -OCH3 is 1. The maximum Gasteiger partial charge on any atom is 0.259 e. The van der Waals surface area contributed by atoms with E-state index in [9.17, 15) is 9.18 Å². The number of carbonyl (C=O) groups is 1. The Morgan fingerprint density at radius 1 is 1.07 bits per heavy atom. The summed E-state index contributed by atoms with van der Waals surface area (Å²) >= 11 is 7.39. The smallest absolute Gasteiger partial charge is 0.259 e. The summed E-state index contributed by atoms with van der Waals surface area (Å²) in [5.41, 5.74) is 2.72. The van der Waals surface area contributed by atoms with E-state index in [0.717, 1.165) is 5.56 Å². The molecule has 4 nitrogen and oxygen atoms in total. The van der Waals surface area contributed by atoms with Gasteiger partial charge in [0.2, 0.25) is 0 Å². The largest absolute Gasteiger partial charge is 0.496 e. The van der Waals surface area contributed by atoms with Gasteiger partial charge in [0, 0.05) is 21.5 Å². The van der Waals surface area contributed by atoms with Gasteiger partial charge in [0.1, 0.15) is 16.6 Å². The Kier molecular flexibility index (Phi) is 5.79. The molecule has 150 valence electrons. The summed E-state index contributed by atoms with van der Waals surface area (Å²) in [4.78, 5) is 17.5. The number of hydrogen-bond acceptors (Lipinski definition) is 4. The maximum absolute atomic E-state index is 14.1. The molecule has 1 amide bonds. The van der Waals surface area contributed by atoms with Crippen molar-refractivity contribution in [3.63, 3.8) is 0 Å². The average molecular weight is 439 g/mol. The molecule has 0 saturated carbocycles. The molecule has 0 spiro atoms. The third kappa shape index (κ3) is 4.06. The van der Waals surface area contributed by atoms with Crippen LogP contribution in [0.3, 0.4) is 0 Å². The minimum absolute atomic E-state index is 0.324. The molecule has 0 unspecified atom stereocenters. The quantitative estimate of drug-likeness (QED) is 0.385. The third-order valence-electron chi connectivity index (χ3n) is 4.47. The first-order chi connectivity index (χ1) is 14.6. The lowest BCUT2D eigenvalue weighted by Crippen LogP contribution is -2.14. The van der Waals surface area contributed by atoms with Crippen molar-refractivity contribution >= 4 is 34.5 Å². The van der Waals surface area contributed by atoms with Gasteiger partial charge in [0.05, 0.1) is 24.1 Å². The molecule has 0 aliphatic carbocycles. The van der Waals surface area contributed by atoms with Crippen LogP contribution in [0.15, 0.2) is 72.1 Å². The highest BCUT2D eigenvalue weighted by molar-refractivity contribution is 7.13. The van der Waals surface area contributed by atoms with Gasteiger partial charge in [-0.15, -0.1) is 11.3 Å². The van der Waals surface area contributed by atoms with Gasteiger partial charge in [-0.3, -0.25) is 4.79 Å². The first-order valence-corrected chi connectivity index (χ1v) is 10.3. The van der Waals surface area contributed by atoms with E-state index in [0.29, 0.717) is 38.3 Å². The standard InChI is InChI=1S/C23H16ClFN2O2S/c1-29-21-11-10-14(24)12-17(21)22(28)26-19-9-5-3-7-16(19)20-13-30-23(27-20)15-6-2-4-8-18(15)25/h2-13H,1H3,(H,26,28). The lowest BCUT2D eigenvalue weighted by Gasteiger charge is -2.12. The lowest BCUT2D eigenvalue weighted by atomic mass is 10.1. The minimum atomic E-state index is -0.355. The lowest BCUT2D eigenvalue weighted by molar-refractivity contribution is 0.102. The highest BCUT2D eigenvalue weighted by Gasteiger charge is 2.17. The summed E-state index contributed by atoms with van der Waals surface area (Å²) in [5, 5.41) is 5.74. The molecule has 7 heteroatoms. The average Bonchev–Trinajstić information content (AvgIpc) is 3.24. The van der Waals surface area contributed by atoms with E-state index in [1.165, 1.54) is 24.5 Å². The van der Waals surface area contributed by atoms with Crippen LogP contribution in [-0.2, 0) is 0 Å². The van der Waals surface area contributed by atoms with Crippen molar-refractivity contribution in [2.24, 2.45) is 0 Å². The zero-order valence-corrected chi connectivity index (χ0v) is 17.4. The second kappa shape index (κ2) is 8.65. The molecular formula is C23H16ClFN2O2S. The molecule has 0 aliphatic rings. The van der Waals surface area contributed by atoms with Gasteiger partial charge in [0.25, 0.3) is 5.91 Å². The molecule has 0 bridgehead atoms. The van der Waals surface area contributed by atoms with Crippen LogP contribution in [0, 0.1) is 5.82 Å². The number of thiazole rings is 1. The number of benzene rings is 3. The van der Waals surface area contributed by atoms with Gasteiger partial charge in [-0.2, -0.15) is 0 Å². The van der Waals surface area contributed by atoms with Gasteiger partial charge >= 0.3 is 0 Å². The summed E-state index contributed by atoms with van der Waals surface area (Å²) in [6.45, 7) is 0. The molecule has 1 aromatic heterocycles. The number of hydrogen-bond donors (Lipinski definition) is 1. The van der Waals surface area contributed by atoms with Gasteiger partial charge in [-0.05, 0) is 36.4 Å². The SMILES string of the molecule is COc1ccc(Cl)cc1C(=O)Nc1ccccc1-c1csc(-c2ccccc2F)n1. The molecule has 0 fully saturated rings. The Labute approximate surface area is 181 Å². The van der Waals surface area contributed by atoms with Crippen LogP contribution in [0.5, 0.6) is 5.75 Å². The number of halogens is 2. The summed E-state index contributed by atoms with van der Waals surface area (Å²) in [6.07, 6.45) is 0. The summed E-state index contributed by atoms with van der Waals surface area (Å²) in [6, 6.07) is 18.7. The molecule has 1 heterocycles. The van der Waals surface area contributed by atoms with Crippen LogP contribution in [0.2, 0.25) is 5.02 Å². The topological polar surface area (TPSA) is 51.2 Å². The number of carbonyl (C=O) groups excluding carboxylic acids is 1. The van der Waals surface area contributed by atoms with E-state index in [1.807, 2.05) is 23.6 Å². The van der Waals surface area contributed by atoms with Crippen LogP contribution in [0.4, 0.5) is 10.1 Å². The van der Waals surface area contributed by atoms with Gasteiger partial charge in [-0.1, -0.05) is 41.9 Å². The summed E-state index contributed by atoms with van der Waals surface area (Å²) in [5.74, 6) is -0.260. The monoisotopic (exact) mass is 438 g/mol. The van der Waals surface area contributed by atoms with Crippen LogP contribution >= 0.6 is 22.9 Å². The predicted octanol–water partition coefficient (Wildman–Crippen LogP) is 6.53. The molecule has 0 radical (unpaired) electrons. The molecule has 0 aliphatic heterocycles. The highest BCUT2D eigenvalue weighted by atomic mass is 35.5. The molecule has 0 atom stereocenters. The number of nitrogens with zero attached hydrogens (tertiary/aromatic N) is 1. The fraction of sp³-hybridized carbons (Fsp3) is 0.0435. The zero-order valence-electron chi connectivity index (χ0n) is 15.9. The number of para-hydroxylation sites is 1. The number of anilines is 1. The van der Waals surface area contributed by atoms with E-state index in [-0.39, 0.29) is 11.7 Å². The Balaban J connectivity index is 1.67. The number of nitrogens with one attached hydrogen (secondary N) is 1. The van der Waals surface area contributed by atoms with Gasteiger partial charge < -0.3 is 10.1 Å². The fourth-order valence-corrected chi connectivity index (χ4v) is 4.04. The van der Waals surface area contributed by atoms with E-state index in [1.54, 1.807) is 42.5 Å². The van der Waals surface area contributed by atoms with Crippen molar-refractivity contribution in [2.45, 2.75) is 0 Å². The van der Waals surface area contributed by atoms with Crippen LogP contribution in [0.1, 0.15) is 10.4 Å². The maximum atomic E-state index is 14.1. The molecule has 3 aromatic carbocycles. The van der Waals surface area contributed by atoms with Crippen molar-refractivity contribution in [2.75, 3.05) is 12.4 Å². The first kappa shape index (κ1) is 20.1. The van der Waals surface area contributed by atoms with Crippen LogP contribution < -0.4 is 10.1 Å². The summed E-state index contributed by atoms with van der Waals surface area (Å²) in [7, 11) is 1.49. The van der Waals surface area contributed by atoms with E-state index < -0.39 is 0 Å². The van der Waals surface area contributed by atoms with E-state index >= 15 is 0 Å². The molecule has 4 rings (SSSR count).